The fourth-order valence-electron chi connectivity index (χ4n) is 2.70. The Morgan fingerprint density at radius 2 is 1.39 bits per heavy atom. The van der Waals surface area contributed by atoms with Gasteiger partial charge in [-0.2, -0.15) is 0 Å². The second-order valence-corrected chi connectivity index (χ2v) is 8.42. The van der Waals surface area contributed by atoms with E-state index in [2.05, 4.69) is 30.3 Å². The minimum Gasteiger partial charge on any atom is -0.340 e. The number of benzene rings is 2. The van der Waals surface area contributed by atoms with Crippen molar-refractivity contribution in [1.82, 2.24) is 15.0 Å². The molecule has 0 radical (unpaired) electrons. The van der Waals surface area contributed by atoms with Gasteiger partial charge in [0.2, 0.25) is 0 Å². The first-order valence-corrected chi connectivity index (χ1v) is 11.0. The molecule has 2 aromatic heterocycles. The number of pyridine rings is 1. The number of nitrogens with zero attached hydrogens (tertiary/aromatic N) is 3. The molecule has 4 aromatic rings. The topological polar surface area (TPSA) is 109 Å². The largest absolute Gasteiger partial charge is 0.340 e. The molecule has 0 spiro atoms. The first-order chi connectivity index (χ1) is 15.0. The highest BCUT2D eigenvalue weighted by Gasteiger charge is 2.17. The number of halogens is 1. The summed E-state index contributed by atoms with van der Waals surface area (Å²) in [6.07, 6.45) is 3.12. The van der Waals surface area contributed by atoms with Crippen LogP contribution in [0.4, 0.5) is 28.8 Å². The highest BCUT2D eigenvalue weighted by atomic mass is 35.5. The lowest BCUT2D eigenvalue weighted by atomic mass is 10.3. The second-order valence-electron chi connectivity index (χ2n) is 6.37. The van der Waals surface area contributed by atoms with Crippen LogP contribution in [0.5, 0.6) is 0 Å². The summed E-state index contributed by atoms with van der Waals surface area (Å²) in [6.45, 7) is 0. The van der Waals surface area contributed by atoms with Crippen molar-refractivity contribution in [3.05, 3.63) is 90.3 Å². The van der Waals surface area contributed by atoms with Gasteiger partial charge in [-0.15, -0.1) is 0 Å². The Kier molecular flexibility index (Phi) is 5.96. The van der Waals surface area contributed by atoms with Gasteiger partial charge in [-0.3, -0.25) is 4.72 Å². The Morgan fingerprint density at radius 3 is 2.10 bits per heavy atom. The average molecular weight is 453 g/mol. The van der Waals surface area contributed by atoms with E-state index in [1.807, 2.05) is 18.2 Å². The van der Waals surface area contributed by atoms with Crippen LogP contribution in [-0.2, 0) is 10.0 Å². The third-order valence-electron chi connectivity index (χ3n) is 4.12. The van der Waals surface area contributed by atoms with Gasteiger partial charge in [0.05, 0.1) is 5.02 Å². The monoisotopic (exact) mass is 452 g/mol. The standard InChI is InChI=1S/C21H17ClN6O2S/c22-17-5-1-2-6-18(17)31(29,30)28-16-10-8-15(9-11-16)26-20-13-21(25-14-24-20)27-19-7-3-4-12-23-19/h1-14,28H,(H2,23,24,25,26,27). The summed E-state index contributed by atoms with van der Waals surface area (Å²) in [5.41, 5.74) is 1.13. The second kappa shape index (κ2) is 8.99. The number of sulfonamides is 1. The first-order valence-electron chi connectivity index (χ1n) is 9.14. The molecule has 0 amide bonds. The average Bonchev–Trinajstić information content (AvgIpc) is 2.76. The maximum Gasteiger partial charge on any atom is 0.263 e. The predicted molar refractivity (Wildman–Crippen MR) is 122 cm³/mol. The van der Waals surface area contributed by atoms with E-state index in [0.717, 1.165) is 5.69 Å². The highest BCUT2D eigenvalue weighted by Crippen LogP contribution is 2.25. The van der Waals surface area contributed by atoms with Crippen LogP contribution in [0.1, 0.15) is 0 Å². The zero-order chi connectivity index (χ0) is 21.7. The van der Waals surface area contributed by atoms with Crippen molar-refractivity contribution >= 4 is 50.5 Å². The highest BCUT2D eigenvalue weighted by molar-refractivity contribution is 7.92. The molecule has 31 heavy (non-hydrogen) atoms. The number of aromatic nitrogens is 3. The summed E-state index contributed by atoms with van der Waals surface area (Å²) >= 11 is 6.00. The van der Waals surface area contributed by atoms with Crippen LogP contribution in [0.2, 0.25) is 5.02 Å². The minimum absolute atomic E-state index is 0.0211. The molecule has 10 heteroatoms. The molecule has 4 rings (SSSR count). The van der Waals surface area contributed by atoms with E-state index in [1.54, 1.807) is 48.7 Å². The molecule has 3 N–H and O–H groups in total. The number of hydrogen-bond acceptors (Lipinski definition) is 7. The van der Waals surface area contributed by atoms with Crippen LogP contribution < -0.4 is 15.4 Å². The Morgan fingerprint density at radius 1 is 0.710 bits per heavy atom. The van der Waals surface area contributed by atoms with Crippen LogP contribution in [0.15, 0.2) is 90.2 Å². The van der Waals surface area contributed by atoms with Gasteiger partial charge >= 0.3 is 0 Å². The molecule has 156 valence electrons. The molecular formula is C21H17ClN6O2S. The minimum atomic E-state index is -3.79. The molecule has 0 aliphatic heterocycles. The predicted octanol–water partition coefficient (Wildman–Crippen LogP) is 4.81. The number of nitrogens with one attached hydrogen (secondary N) is 3. The Labute approximate surface area is 184 Å². The van der Waals surface area contributed by atoms with Crippen LogP contribution in [-0.4, -0.2) is 23.4 Å². The van der Waals surface area contributed by atoms with E-state index >= 15 is 0 Å². The number of rotatable bonds is 7. The van der Waals surface area contributed by atoms with Crippen molar-refractivity contribution in [2.75, 3.05) is 15.4 Å². The smallest absolute Gasteiger partial charge is 0.263 e. The molecule has 2 heterocycles. The molecule has 0 unspecified atom stereocenters. The molecule has 0 atom stereocenters. The van der Waals surface area contributed by atoms with Gasteiger partial charge < -0.3 is 10.6 Å². The molecule has 0 fully saturated rings. The van der Waals surface area contributed by atoms with Gasteiger partial charge in [-0.05, 0) is 48.5 Å². The quantitative estimate of drug-likeness (QED) is 0.369. The zero-order valence-corrected chi connectivity index (χ0v) is 17.6. The van der Waals surface area contributed by atoms with Gasteiger partial charge in [0.1, 0.15) is 28.7 Å². The normalized spacial score (nSPS) is 11.0. The maximum atomic E-state index is 12.5. The van der Waals surface area contributed by atoms with E-state index in [0.29, 0.717) is 23.1 Å². The summed E-state index contributed by atoms with van der Waals surface area (Å²) in [5.74, 6) is 1.82. The Hall–Kier alpha value is -3.69. The van der Waals surface area contributed by atoms with Crippen LogP contribution in [0, 0.1) is 0 Å². The molecule has 0 aliphatic rings. The first kappa shape index (κ1) is 20.6. The molecule has 0 bridgehead atoms. The van der Waals surface area contributed by atoms with Gasteiger partial charge in [-0.1, -0.05) is 29.8 Å². The molecular weight excluding hydrogens is 436 g/mol. The Bertz CT molecular complexity index is 1280. The summed E-state index contributed by atoms with van der Waals surface area (Å²) in [6, 6.07) is 20.3. The van der Waals surface area contributed by atoms with E-state index in [9.17, 15) is 8.42 Å². The summed E-state index contributed by atoms with van der Waals surface area (Å²) in [5, 5.41) is 6.41. The zero-order valence-electron chi connectivity index (χ0n) is 16.0. The third-order valence-corrected chi connectivity index (χ3v) is 6.00. The third kappa shape index (κ3) is 5.27. The summed E-state index contributed by atoms with van der Waals surface area (Å²) < 4.78 is 27.6. The lowest BCUT2D eigenvalue weighted by Crippen LogP contribution is -2.13. The number of anilines is 5. The molecule has 0 saturated carbocycles. The van der Waals surface area contributed by atoms with E-state index in [-0.39, 0.29) is 9.92 Å². The lowest BCUT2D eigenvalue weighted by Gasteiger charge is -2.11. The summed E-state index contributed by atoms with van der Waals surface area (Å²) in [7, 11) is -3.79. The van der Waals surface area contributed by atoms with Crippen molar-refractivity contribution in [2.45, 2.75) is 4.90 Å². The van der Waals surface area contributed by atoms with Crippen LogP contribution in [0.3, 0.4) is 0 Å². The maximum absolute atomic E-state index is 12.5. The fraction of sp³-hybridized carbons (Fsp3) is 0. The van der Waals surface area contributed by atoms with Crippen molar-refractivity contribution in [1.29, 1.82) is 0 Å². The van der Waals surface area contributed by atoms with E-state index in [4.69, 9.17) is 11.6 Å². The van der Waals surface area contributed by atoms with Crippen LogP contribution in [0.25, 0.3) is 0 Å². The van der Waals surface area contributed by atoms with Crippen molar-refractivity contribution < 1.29 is 8.42 Å². The summed E-state index contributed by atoms with van der Waals surface area (Å²) in [4.78, 5) is 12.6. The van der Waals surface area contributed by atoms with Gasteiger partial charge in [0.25, 0.3) is 10.0 Å². The van der Waals surface area contributed by atoms with E-state index < -0.39 is 10.0 Å². The van der Waals surface area contributed by atoms with Crippen molar-refractivity contribution in [3.8, 4) is 0 Å². The van der Waals surface area contributed by atoms with Gasteiger partial charge in [-0.25, -0.2) is 23.4 Å². The molecule has 0 aliphatic carbocycles. The number of hydrogen-bond donors (Lipinski definition) is 3. The van der Waals surface area contributed by atoms with Gasteiger partial charge in [0.15, 0.2) is 0 Å². The van der Waals surface area contributed by atoms with Crippen LogP contribution >= 0.6 is 11.6 Å². The molecule has 0 saturated heterocycles. The lowest BCUT2D eigenvalue weighted by molar-refractivity contribution is 0.601. The Balaban J connectivity index is 1.44. The van der Waals surface area contributed by atoms with Crippen molar-refractivity contribution in [2.24, 2.45) is 0 Å². The van der Waals surface area contributed by atoms with Crippen molar-refractivity contribution in [3.63, 3.8) is 0 Å². The molecule has 2 aromatic carbocycles. The SMILES string of the molecule is O=S(=O)(Nc1ccc(Nc2cc(Nc3ccccn3)ncn2)cc1)c1ccccc1Cl. The molecule has 8 nitrogen and oxygen atoms in total. The van der Waals surface area contributed by atoms with Gasteiger partial charge in [0, 0.05) is 23.6 Å². The fourth-order valence-corrected chi connectivity index (χ4v) is 4.28. The van der Waals surface area contributed by atoms with E-state index in [1.165, 1.54) is 18.5 Å².